The van der Waals surface area contributed by atoms with Gasteiger partial charge in [0, 0.05) is 34.2 Å². The first-order valence-electron chi connectivity index (χ1n) is 8.16. The maximum absolute atomic E-state index is 12.8. The van der Waals surface area contributed by atoms with Crippen LogP contribution in [0.2, 0.25) is 5.02 Å². The molecule has 1 fully saturated rings. The third-order valence-electron chi connectivity index (χ3n) is 4.83. The molecule has 1 N–H and O–H groups in total. The molecule has 0 bridgehead atoms. The molecule has 1 aromatic heterocycles. The number of amides is 1. The van der Waals surface area contributed by atoms with E-state index in [9.17, 15) is 4.79 Å². The molecule has 2 aromatic rings. The van der Waals surface area contributed by atoms with Gasteiger partial charge in [-0.05, 0) is 56.4 Å². The zero-order valence-electron chi connectivity index (χ0n) is 13.3. The largest absolute Gasteiger partial charge is 0.358 e. The van der Waals surface area contributed by atoms with E-state index < -0.39 is 0 Å². The Kier molecular flexibility index (Phi) is 4.44. The summed E-state index contributed by atoms with van der Waals surface area (Å²) in [6.07, 6.45) is 5.01. The summed E-state index contributed by atoms with van der Waals surface area (Å²) in [7, 11) is 0. The molecule has 0 saturated carbocycles. The third kappa shape index (κ3) is 2.87. The molecule has 118 valence electrons. The van der Waals surface area contributed by atoms with Gasteiger partial charge in [0.05, 0.1) is 6.42 Å². The van der Waals surface area contributed by atoms with E-state index in [-0.39, 0.29) is 5.91 Å². The van der Waals surface area contributed by atoms with Gasteiger partial charge in [-0.1, -0.05) is 18.5 Å². The van der Waals surface area contributed by atoms with Gasteiger partial charge in [-0.25, -0.2) is 0 Å². The number of rotatable bonds is 3. The minimum Gasteiger partial charge on any atom is -0.358 e. The van der Waals surface area contributed by atoms with Gasteiger partial charge >= 0.3 is 0 Å². The van der Waals surface area contributed by atoms with Crippen LogP contribution in [0.15, 0.2) is 18.2 Å². The number of H-pyrrole nitrogens is 1. The van der Waals surface area contributed by atoms with E-state index in [2.05, 4.69) is 16.8 Å². The van der Waals surface area contributed by atoms with E-state index in [0.29, 0.717) is 17.5 Å². The summed E-state index contributed by atoms with van der Waals surface area (Å²) in [5.41, 5.74) is 3.20. The highest BCUT2D eigenvalue weighted by atomic mass is 35.5. The zero-order valence-corrected chi connectivity index (χ0v) is 14.0. The fourth-order valence-corrected chi connectivity index (χ4v) is 3.76. The molecule has 1 unspecified atom stereocenters. The molecule has 1 aliphatic heterocycles. The Bertz CT molecular complexity index is 692. The molecule has 1 aliphatic rings. The molecule has 1 amide bonds. The number of nitrogens with zero attached hydrogens (tertiary/aromatic N) is 1. The SMILES string of the molecule is CCC1CCCCN1C(=O)Cc1c(C)[nH]c2ccc(Cl)cc12. The van der Waals surface area contributed by atoms with E-state index in [0.717, 1.165) is 48.0 Å². The molecule has 0 aliphatic carbocycles. The number of piperidine rings is 1. The third-order valence-corrected chi connectivity index (χ3v) is 5.06. The van der Waals surface area contributed by atoms with Crippen molar-refractivity contribution in [2.45, 2.75) is 52.0 Å². The predicted octanol–water partition coefficient (Wildman–Crippen LogP) is 4.46. The van der Waals surface area contributed by atoms with Crippen LogP contribution in [-0.4, -0.2) is 28.4 Å². The first-order valence-corrected chi connectivity index (χ1v) is 8.54. The number of aromatic amines is 1. The lowest BCUT2D eigenvalue weighted by molar-refractivity contribution is -0.134. The molecule has 1 atom stereocenters. The molecule has 0 radical (unpaired) electrons. The van der Waals surface area contributed by atoms with E-state index >= 15 is 0 Å². The Hall–Kier alpha value is -1.48. The van der Waals surface area contributed by atoms with Gasteiger partial charge in [0.1, 0.15) is 0 Å². The molecule has 3 nitrogen and oxygen atoms in total. The molecule has 4 heteroatoms. The fourth-order valence-electron chi connectivity index (χ4n) is 3.59. The standard InChI is InChI=1S/C18H23ClN2O/c1-3-14-6-4-5-9-21(14)18(22)11-15-12(2)20-17-8-7-13(19)10-16(15)17/h7-8,10,14,20H,3-6,9,11H2,1-2H3. The summed E-state index contributed by atoms with van der Waals surface area (Å²) in [5.74, 6) is 0.246. The van der Waals surface area contributed by atoms with Crippen LogP contribution in [-0.2, 0) is 11.2 Å². The van der Waals surface area contributed by atoms with Gasteiger partial charge in [-0.2, -0.15) is 0 Å². The number of aromatic nitrogens is 1. The van der Waals surface area contributed by atoms with E-state index in [1.54, 1.807) is 0 Å². The monoisotopic (exact) mass is 318 g/mol. The number of hydrogen-bond acceptors (Lipinski definition) is 1. The fraction of sp³-hybridized carbons (Fsp3) is 0.500. The Labute approximate surface area is 136 Å². The Morgan fingerprint density at radius 1 is 1.41 bits per heavy atom. The maximum atomic E-state index is 12.8. The van der Waals surface area contributed by atoms with Crippen molar-refractivity contribution in [2.24, 2.45) is 0 Å². The average Bonchev–Trinajstić information content (AvgIpc) is 2.83. The summed E-state index contributed by atoms with van der Waals surface area (Å²) in [4.78, 5) is 18.2. The number of carbonyl (C=O) groups is 1. The highest BCUT2D eigenvalue weighted by Crippen LogP contribution is 2.27. The zero-order chi connectivity index (χ0) is 15.7. The normalized spacial score (nSPS) is 18.9. The van der Waals surface area contributed by atoms with Gasteiger partial charge in [0.15, 0.2) is 0 Å². The average molecular weight is 319 g/mol. The summed E-state index contributed by atoms with van der Waals surface area (Å²) >= 11 is 6.12. The van der Waals surface area contributed by atoms with Crippen LogP contribution < -0.4 is 0 Å². The van der Waals surface area contributed by atoms with Crippen molar-refractivity contribution in [3.05, 3.63) is 34.5 Å². The van der Waals surface area contributed by atoms with Crippen LogP contribution in [0.3, 0.4) is 0 Å². The lowest BCUT2D eigenvalue weighted by Crippen LogP contribution is -2.44. The molecule has 1 aromatic carbocycles. The van der Waals surface area contributed by atoms with Crippen LogP contribution in [0.25, 0.3) is 10.9 Å². The topological polar surface area (TPSA) is 36.1 Å². The second-order valence-electron chi connectivity index (χ2n) is 6.24. The van der Waals surface area contributed by atoms with Gasteiger partial charge in [-0.3, -0.25) is 4.79 Å². The first-order chi connectivity index (χ1) is 10.6. The second-order valence-corrected chi connectivity index (χ2v) is 6.68. The lowest BCUT2D eigenvalue weighted by atomic mass is 9.98. The number of carbonyl (C=O) groups excluding carboxylic acids is 1. The maximum Gasteiger partial charge on any atom is 0.227 e. The number of likely N-dealkylation sites (tertiary alicyclic amines) is 1. The summed E-state index contributed by atoms with van der Waals surface area (Å²) < 4.78 is 0. The van der Waals surface area contributed by atoms with E-state index in [1.165, 1.54) is 6.42 Å². The van der Waals surface area contributed by atoms with Crippen molar-refractivity contribution in [3.8, 4) is 0 Å². The van der Waals surface area contributed by atoms with E-state index in [1.807, 2.05) is 25.1 Å². The lowest BCUT2D eigenvalue weighted by Gasteiger charge is -2.35. The van der Waals surface area contributed by atoms with Crippen molar-refractivity contribution in [3.63, 3.8) is 0 Å². The van der Waals surface area contributed by atoms with Crippen molar-refractivity contribution < 1.29 is 4.79 Å². The minimum atomic E-state index is 0.246. The molecular weight excluding hydrogens is 296 g/mol. The Morgan fingerprint density at radius 2 is 2.23 bits per heavy atom. The Morgan fingerprint density at radius 3 is 3.00 bits per heavy atom. The molecule has 22 heavy (non-hydrogen) atoms. The van der Waals surface area contributed by atoms with Crippen molar-refractivity contribution >= 4 is 28.4 Å². The molecule has 1 saturated heterocycles. The molecule has 0 spiro atoms. The van der Waals surface area contributed by atoms with Gasteiger partial charge in [-0.15, -0.1) is 0 Å². The quantitative estimate of drug-likeness (QED) is 0.891. The highest BCUT2D eigenvalue weighted by molar-refractivity contribution is 6.31. The van der Waals surface area contributed by atoms with Crippen LogP contribution in [0.5, 0.6) is 0 Å². The predicted molar refractivity (Wildman–Crippen MR) is 91.4 cm³/mol. The molecule has 3 rings (SSSR count). The minimum absolute atomic E-state index is 0.246. The number of halogens is 1. The van der Waals surface area contributed by atoms with Crippen molar-refractivity contribution in [1.82, 2.24) is 9.88 Å². The van der Waals surface area contributed by atoms with Crippen molar-refractivity contribution in [1.29, 1.82) is 0 Å². The Balaban J connectivity index is 1.87. The van der Waals surface area contributed by atoms with Gasteiger partial charge in [0.2, 0.25) is 5.91 Å². The highest BCUT2D eigenvalue weighted by Gasteiger charge is 2.26. The molecular formula is C18H23ClN2O. The second kappa shape index (κ2) is 6.33. The summed E-state index contributed by atoms with van der Waals surface area (Å²) in [5, 5.41) is 1.79. The van der Waals surface area contributed by atoms with Gasteiger partial charge in [0.25, 0.3) is 0 Å². The van der Waals surface area contributed by atoms with Crippen LogP contribution in [0.1, 0.15) is 43.9 Å². The number of benzene rings is 1. The van der Waals surface area contributed by atoms with Crippen molar-refractivity contribution in [2.75, 3.05) is 6.54 Å². The number of hydrogen-bond donors (Lipinski definition) is 1. The van der Waals surface area contributed by atoms with Crippen LogP contribution >= 0.6 is 11.6 Å². The van der Waals surface area contributed by atoms with Gasteiger partial charge < -0.3 is 9.88 Å². The van der Waals surface area contributed by atoms with Crippen LogP contribution in [0.4, 0.5) is 0 Å². The van der Waals surface area contributed by atoms with E-state index in [4.69, 9.17) is 11.6 Å². The molecule has 2 heterocycles. The number of fused-ring (bicyclic) bond motifs is 1. The smallest absolute Gasteiger partial charge is 0.227 e. The first kappa shape index (κ1) is 15.4. The summed E-state index contributed by atoms with van der Waals surface area (Å²) in [6, 6.07) is 6.23. The summed E-state index contributed by atoms with van der Waals surface area (Å²) in [6.45, 7) is 5.11. The number of aryl methyl sites for hydroxylation is 1. The number of nitrogens with one attached hydrogen (secondary N) is 1. The van der Waals surface area contributed by atoms with Crippen LogP contribution in [0, 0.1) is 6.92 Å².